The minimum Gasteiger partial charge on any atom is -0.489 e. The molecule has 0 spiro atoms. The second-order valence-electron chi connectivity index (χ2n) is 7.25. The summed E-state index contributed by atoms with van der Waals surface area (Å²) in [6, 6.07) is 22.7. The number of hydrogen-bond donors (Lipinski definition) is 1. The highest BCUT2D eigenvalue weighted by Crippen LogP contribution is 2.19. The van der Waals surface area contributed by atoms with Crippen molar-refractivity contribution in [3.05, 3.63) is 94.5 Å². The van der Waals surface area contributed by atoms with Crippen molar-refractivity contribution in [2.75, 3.05) is 6.61 Å². The lowest BCUT2D eigenvalue weighted by Gasteiger charge is -2.08. The molecule has 0 aliphatic heterocycles. The topological polar surface area (TPSA) is 59.9 Å². The number of hydrogen-bond acceptors (Lipinski definition) is 4. The maximum Gasteiger partial charge on any atom is 0.277 e. The van der Waals surface area contributed by atoms with E-state index in [0.29, 0.717) is 23.3 Å². The number of hydrazone groups is 1. The minimum absolute atomic E-state index is 0.104. The van der Waals surface area contributed by atoms with Crippen molar-refractivity contribution in [1.82, 2.24) is 5.43 Å². The minimum atomic E-state index is -0.330. The van der Waals surface area contributed by atoms with Gasteiger partial charge in [-0.25, -0.2) is 5.43 Å². The average Bonchev–Trinajstić information content (AvgIpc) is 2.78. The fourth-order valence-corrected chi connectivity index (χ4v) is 2.93. The van der Waals surface area contributed by atoms with Gasteiger partial charge >= 0.3 is 0 Å². The monoisotopic (exact) mass is 436 g/mol. The first-order valence-electron chi connectivity index (χ1n) is 10.0. The van der Waals surface area contributed by atoms with Crippen LogP contribution in [0.4, 0.5) is 0 Å². The summed E-state index contributed by atoms with van der Waals surface area (Å²) < 4.78 is 11.2. The fraction of sp³-hybridized carbons (Fsp3) is 0.200. The Labute approximate surface area is 187 Å². The van der Waals surface area contributed by atoms with Gasteiger partial charge in [-0.2, -0.15) is 5.10 Å². The number of ether oxygens (including phenoxy) is 2. The summed E-state index contributed by atoms with van der Waals surface area (Å²) >= 11 is 6.13. The first-order chi connectivity index (χ1) is 15.0. The number of amides is 1. The van der Waals surface area contributed by atoms with Crippen LogP contribution in [0.1, 0.15) is 36.5 Å². The van der Waals surface area contributed by atoms with Gasteiger partial charge in [0, 0.05) is 10.6 Å². The number of nitrogens with zero attached hydrogens (tertiary/aromatic N) is 1. The van der Waals surface area contributed by atoms with Crippen molar-refractivity contribution in [2.24, 2.45) is 5.10 Å². The quantitative estimate of drug-likeness (QED) is 0.352. The summed E-state index contributed by atoms with van der Waals surface area (Å²) in [5.41, 5.74) is 5.44. The van der Waals surface area contributed by atoms with Gasteiger partial charge in [0.05, 0.1) is 6.21 Å². The van der Waals surface area contributed by atoms with Crippen molar-refractivity contribution in [3.8, 4) is 11.5 Å². The number of rotatable bonds is 9. The van der Waals surface area contributed by atoms with E-state index in [0.717, 1.165) is 16.9 Å². The summed E-state index contributed by atoms with van der Waals surface area (Å²) in [4.78, 5) is 11.9. The second-order valence-corrected chi connectivity index (χ2v) is 7.66. The molecule has 3 aromatic carbocycles. The van der Waals surface area contributed by atoms with Gasteiger partial charge in [0.2, 0.25) is 0 Å². The first-order valence-corrected chi connectivity index (χ1v) is 10.4. The van der Waals surface area contributed by atoms with Crippen molar-refractivity contribution in [2.45, 2.75) is 26.4 Å². The lowest BCUT2D eigenvalue weighted by atomic mass is 10.0. The molecule has 3 rings (SSSR count). The summed E-state index contributed by atoms with van der Waals surface area (Å²) in [6.45, 7) is 4.54. The van der Waals surface area contributed by atoms with E-state index in [9.17, 15) is 4.79 Å². The molecule has 0 radical (unpaired) electrons. The molecule has 0 atom stereocenters. The first kappa shape index (κ1) is 22.4. The molecule has 0 aliphatic carbocycles. The Morgan fingerprint density at radius 3 is 2.29 bits per heavy atom. The van der Waals surface area contributed by atoms with Crippen LogP contribution in [0.5, 0.6) is 11.5 Å². The maximum atomic E-state index is 11.9. The van der Waals surface area contributed by atoms with Gasteiger partial charge in [0.1, 0.15) is 18.1 Å². The molecule has 0 bridgehead atoms. The fourth-order valence-electron chi connectivity index (χ4n) is 2.74. The van der Waals surface area contributed by atoms with Crippen LogP contribution >= 0.6 is 11.6 Å². The molecule has 0 aliphatic rings. The van der Waals surface area contributed by atoms with Crippen LogP contribution in [-0.4, -0.2) is 18.7 Å². The van der Waals surface area contributed by atoms with Crippen molar-refractivity contribution < 1.29 is 14.3 Å². The highest BCUT2D eigenvalue weighted by Gasteiger charge is 2.04. The number of halogens is 1. The number of carbonyl (C=O) groups is 1. The molecule has 0 saturated carbocycles. The maximum absolute atomic E-state index is 11.9. The lowest BCUT2D eigenvalue weighted by molar-refractivity contribution is -0.123. The molecule has 3 aromatic rings. The number of nitrogens with one attached hydrogen (secondary N) is 1. The largest absolute Gasteiger partial charge is 0.489 e. The average molecular weight is 437 g/mol. The molecular weight excluding hydrogens is 412 g/mol. The van der Waals surface area contributed by atoms with Crippen LogP contribution in [0, 0.1) is 0 Å². The zero-order chi connectivity index (χ0) is 22.1. The normalized spacial score (nSPS) is 11.0. The van der Waals surface area contributed by atoms with Crippen LogP contribution in [0.15, 0.2) is 77.9 Å². The van der Waals surface area contributed by atoms with E-state index < -0.39 is 0 Å². The SMILES string of the molecule is CC(C)c1ccc(OCC(=O)N/N=C/c2ccc(OCc3ccccc3Cl)cc2)cc1. The molecule has 1 amide bonds. The summed E-state index contributed by atoms with van der Waals surface area (Å²) in [5.74, 6) is 1.49. The van der Waals surface area contributed by atoms with Gasteiger partial charge in [-0.05, 0) is 59.5 Å². The predicted octanol–water partition coefficient (Wildman–Crippen LogP) is 5.57. The number of carbonyl (C=O) groups excluding carboxylic acids is 1. The van der Waals surface area contributed by atoms with Gasteiger partial charge in [-0.15, -0.1) is 0 Å². The van der Waals surface area contributed by atoms with Crippen LogP contribution in [0.3, 0.4) is 0 Å². The zero-order valence-electron chi connectivity index (χ0n) is 17.5. The Hall–Kier alpha value is -3.31. The van der Waals surface area contributed by atoms with Crippen LogP contribution in [0.2, 0.25) is 5.02 Å². The van der Waals surface area contributed by atoms with E-state index >= 15 is 0 Å². The van der Waals surface area contributed by atoms with Gasteiger partial charge in [-0.1, -0.05) is 55.8 Å². The standard InChI is InChI=1S/C25H25ClN2O3/c1-18(2)20-9-13-23(14-10-20)31-17-25(29)28-27-15-19-7-11-22(12-8-19)30-16-21-5-3-4-6-24(21)26/h3-15,18H,16-17H2,1-2H3,(H,28,29)/b27-15+. The second kappa shape index (κ2) is 11.2. The molecule has 1 N–H and O–H groups in total. The number of benzene rings is 3. The van der Waals surface area contributed by atoms with Crippen LogP contribution in [0.25, 0.3) is 0 Å². The molecule has 0 aromatic heterocycles. The molecule has 0 heterocycles. The molecular formula is C25H25ClN2O3. The van der Waals surface area contributed by atoms with E-state index in [1.807, 2.05) is 72.8 Å². The van der Waals surface area contributed by atoms with Crippen LogP contribution < -0.4 is 14.9 Å². The molecule has 160 valence electrons. The third kappa shape index (κ3) is 7.15. The Morgan fingerprint density at radius 1 is 0.968 bits per heavy atom. The van der Waals surface area contributed by atoms with Gasteiger partial charge in [-0.3, -0.25) is 4.79 Å². The molecule has 31 heavy (non-hydrogen) atoms. The summed E-state index contributed by atoms with van der Waals surface area (Å²) in [7, 11) is 0. The van der Waals surface area contributed by atoms with Crippen LogP contribution in [-0.2, 0) is 11.4 Å². The molecule has 0 saturated heterocycles. The van der Waals surface area contributed by atoms with E-state index in [-0.39, 0.29) is 12.5 Å². The zero-order valence-corrected chi connectivity index (χ0v) is 18.3. The van der Waals surface area contributed by atoms with E-state index in [1.165, 1.54) is 5.56 Å². The van der Waals surface area contributed by atoms with Gasteiger partial charge < -0.3 is 9.47 Å². The lowest BCUT2D eigenvalue weighted by Crippen LogP contribution is -2.24. The van der Waals surface area contributed by atoms with Crippen molar-refractivity contribution in [1.29, 1.82) is 0 Å². The third-order valence-electron chi connectivity index (χ3n) is 4.55. The van der Waals surface area contributed by atoms with E-state index in [4.69, 9.17) is 21.1 Å². The van der Waals surface area contributed by atoms with Gasteiger partial charge in [0.15, 0.2) is 6.61 Å². The summed E-state index contributed by atoms with van der Waals surface area (Å²) in [5, 5.41) is 4.64. The Kier molecular flexibility index (Phi) is 8.07. The van der Waals surface area contributed by atoms with E-state index in [1.54, 1.807) is 6.21 Å². The Balaban J connectivity index is 1.41. The predicted molar refractivity (Wildman–Crippen MR) is 124 cm³/mol. The Morgan fingerprint density at radius 2 is 1.61 bits per heavy atom. The molecule has 6 heteroatoms. The highest BCUT2D eigenvalue weighted by atomic mass is 35.5. The third-order valence-corrected chi connectivity index (χ3v) is 4.92. The molecule has 0 unspecified atom stereocenters. The van der Waals surface area contributed by atoms with E-state index in [2.05, 4.69) is 24.4 Å². The highest BCUT2D eigenvalue weighted by molar-refractivity contribution is 6.31. The summed E-state index contributed by atoms with van der Waals surface area (Å²) in [6.07, 6.45) is 1.56. The molecule has 5 nitrogen and oxygen atoms in total. The van der Waals surface area contributed by atoms with Crippen molar-refractivity contribution in [3.63, 3.8) is 0 Å². The van der Waals surface area contributed by atoms with Crippen molar-refractivity contribution >= 4 is 23.7 Å². The Bertz CT molecular complexity index is 1020. The smallest absolute Gasteiger partial charge is 0.277 e. The van der Waals surface area contributed by atoms with Gasteiger partial charge in [0.25, 0.3) is 5.91 Å². The molecule has 0 fully saturated rings.